The molecule has 25 heteroatoms. The minimum absolute atomic E-state index is 0.0507. The number of hydrogen-bond acceptors (Lipinski definition) is 16. The lowest BCUT2D eigenvalue weighted by Gasteiger charge is -2.16. The monoisotopic (exact) mass is 1010 g/mol. The van der Waals surface area contributed by atoms with Crippen LogP contribution >= 0.6 is 11.8 Å². The summed E-state index contributed by atoms with van der Waals surface area (Å²) in [6.45, 7) is 3.23. The molecule has 4 atom stereocenters. The first kappa shape index (κ1) is 57.3. The number of thioether (sulfide) groups is 1. The van der Waals surface area contributed by atoms with Gasteiger partial charge in [-0.25, -0.2) is 9.78 Å². The lowest BCUT2D eigenvalue weighted by atomic mass is 10.0. The Morgan fingerprint density at radius 1 is 0.704 bits per heavy atom. The van der Waals surface area contributed by atoms with Gasteiger partial charge in [0.2, 0.25) is 29.5 Å². The van der Waals surface area contributed by atoms with E-state index in [1.54, 1.807) is 36.4 Å². The Morgan fingerprint density at radius 3 is 2.01 bits per heavy atom. The number of nitrogens with zero attached hydrogens (tertiary/aromatic N) is 3. The van der Waals surface area contributed by atoms with E-state index in [2.05, 4.69) is 57.7 Å². The zero-order valence-electron chi connectivity index (χ0n) is 40.0. The van der Waals surface area contributed by atoms with Crippen LogP contribution in [0.3, 0.4) is 0 Å². The standard InChI is InChI=1S/C46H69N13O11S/c47-25-39(61)53-28-40(62)54-29-41(63)56-34(43(48)64)7-3-4-16-50-44(65)32-12-10-31(11-13-32)26-55-59-37-15-14-33(27-52-37)45(66)51-18-6-20-69-22-24-70-23-21-68-19-5-17-49-38(60)9-2-1-8-36-42-35(30-71-36)57-46(67)58-42/h10-15,27,34-36,42H,1-9,16-26,28-30,47H2,(H2,48,64)(H,49,60)(H,50,65)(H,51,66)(H,53,61)(H,54,62)(H,56,63)(H2,57,58,67). The van der Waals surface area contributed by atoms with Gasteiger partial charge in [0.1, 0.15) is 6.04 Å². The van der Waals surface area contributed by atoms with E-state index < -0.39 is 36.2 Å². The van der Waals surface area contributed by atoms with Crippen molar-refractivity contribution in [1.82, 2.24) is 47.5 Å². The molecule has 1 aromatic carbocycles. The molecule has 0 saturated carbocycles. The molecule has 2 aliphatic heterocycles. The van der Waals surface area contributed by atoms with Crippen LogP contribution in [0.15, 0.2) is 52.8 Å². The SMILES string of the molecule is NCC(=O)NCC(=O)NCC(=O)NC(CCCCNC(=O)c1ccc(CN=Nc2ccc(C(=O)NCCCOCCOCCOCCCNC(=O)CCCCC3SCC4NC(=O)NC43)cn2)cc1)C(N)=O. The maximum absolute atomic E-state index is 12.6. The van der Waals surface area contributed by atoms with Gasteiger partial charge in [0.15, 0.2) is 5.82 Å². The van der Waals surface area contributed by atoms with Gasteiger partial charge in [-0.05, 0) is 74.8 Å². The van der Waals surface area contributed by atoms with Crippen LogP contribution in [-0.4, -0.2) is 160 Å². The van der Waals surface area contributed by atoms with Gasteiger partial charge in [0, 0.05) is 62.0 Å². The van der Waals surface area contributed by atoms with Crippen LogP contribution in [0.5, 0.6) is 0 Å². The number of benzene rings is 1. The summed E-state index contributed by atoms with van der Waals surface area (Å²) in [6.07, 6.45) is 7.26. The molecule has 1 aromatic heterocycles. The van der Waals surface area contributed by atoms with Crippen molar-refractivity contribution in [3.05, 3.63) is 59.3 Å². The minimum Gasteiger partial charge on any atom is -0.379 e. The predicted octanol–water partition coefficient (Wildman–Crippen LogP) is -0.171. The van der Waals surface area contributed by atoms with E-state index in [9.17, 15) is 38.4 Å². The lowest BCUT2D eigenvalue weighted by Crippen LogP contribution is -2.49. The molecule has 0 bridgehead atoms. The second-order valence-corrected chi connectivity index (χ2v) is 17.8. The van der Waals surface area contributed by atoms with Crippen molar-refractivity contribution in [1.29, 1.82) is 0 Å². The van der Waals surface area contributed by atoms with Crippen molar-refractivity contribution < 1.29 is 52.6 Å². The first-order valence-electron chi connectivity index (χ1n) is 23.9. The summed E-state index contributed by atoms with van der Waals surface area (Å²) in [7, 11) is 0. The van der Waals surface area contributed by atoms with Gasteiger partial charge in [0.25, 0.3) is 11.8 Å². The summed E-state index contributed by atoms with van der Waals surface area (Å²) in [5, 5.41) is 30.3. The molecule has 390 valence electrons. The maximum Gasteiger partial charge on any atom is 0.315 e. The third-order valence-corrected chi connectivity index (χ3v) is 12.5. The van der Waals surface area contributed by atoms with Gasteiger partial charge >= 0.3 is 6.03 Å². The van der Waals surface area contributed by atoms with E-state index in [0.29, 0.717) is 107 Å². The van der Waals surface area contributed by atoms with Crippen molar-refractivity contribution >= 4 is 65.0 Å². The van der Waals surface area contributed by atoms with Crippen molar-refractivity contribution in [2.45, 2.75) is 87.7 Å². The largest absolute Gasteiger partial charge is 0.379 e. The number of urea groups is 1. The fourth-order valence-electron chi connectivity index (χ4n) is 7.12. The number of aromatic nitrogens is 1. The lowest BCUT2D eigenvalue weighted by molar-refractivity contribution is -0.129. The van der Waals surface area contributed by atoms with Gasteiger partial charge in [-0.2, -0.15) is 16.9 Å². The normalized spacial score (nSPS) is 16.3. The van der Waals surface area contributed by atoms with E-state index >= 15 is 0 Å². The molecule has 3 heterocycles. The molecular weight excluding hydrogens is 943 g/mol. The van der Waals surface area contributed by atoms with Gasteiger partial charge in [-0.1, -0.05) is 18.6 Å². The zero-order chi connectivity index (χ0) is 51.1. The molecule has 2 fully saturated rings. The summed E-state index contributed by atoms with van der Waals surface area (Å²) in [5.41, 5.74) is 12.2. The van der Waals surface area contributed by atoms with Crippen LogP contribution in [0.1, 0.15) is 84.1 Å². The number of nitrogens with two attached hydrogens (primary N) is 2. The molecule has 2 saturated heterocycles. The number of nitrogens with one attached hydrogen (secondary N) is 8. The number of unbranched alkanes of at least 4 members (excludes halogenated alkanes) is 2. The number of hydrogen-bond donors (Lipinski definition) is 10. The highest BCUT2D eigenvalue weighted by Gasteiger charge is 2.42. The number of carbonyl (C=O) groups is 8. The van der Waals surface area contributed by atoms with Crippen LogP contribution in [0.2, 0.25) is 0 Å². The van der Waals surface area contributed by atoms with Crippen molar-refractivity contribution in [2.24, 2.45) is 21.7 Å². The first-order chi connectivity index (χ1) is 34.4. The van der Waals surface area contributed by atoms with Crippen LogP contribution in [-0.2, 0) is 44.7 Å². The van der Waals surface area contributed by atoms with Crippen molar-refractivity contribution in [3.8, 4) is 0 Å². The Bertz CT molecular complexity index is 2050. The summed E-state index contributed by atoms with van der Waals surface area (Å²) in [5.74, 6) is -1.73. The van der Waals surface area contributed by atoms with E-state index in [0.717, 1.165) is 37.0 Å². The molecule has 0 radical (unpaired) electrons. The molecule has 9 amide bonds. The molecule has 4 rings (SSSR count). The summed E-state index contributed by atoms with van der Waals surface area (Å²) in [6, 6.07) is 9.43. The highest BCUT2D eigenvalue weighted by Crippen LogP contribution is 2.33. The average molecular weight is 1010 g/mol. The number of ether oxygens (including phenoxy) is 3. The van der Waals surface area contributed by atoms with E-state index in [-0.39, 0.29) is 61.9 Å². The minimum atomic E-state index is -0.966. The molecule has 71 heavy (non-hydrogen) atoms. The highest BCUT2D eigenvalue weighted by atomic mass is 32.2. The number of primary amides is 1. The quantitative estimate of drug-likeness (QED) is 0.0241. The average Bonchev–Trinajstić information content (AvgIpc) is 3.93. The van der Waals surface area contributed by atoms with Gasteiger partial charge < -0.3 is 68.2 Å². The predicted molar refractivity (Wildman–Crippen MR) is 262 cm³/mol. The highest BCUT2D eigenvalue weighted by molar-refractivity contribution is 8.00. The second-order valence-electron chi connectivity index (χ2n) is 16.6. The van der Waals surface area contributed by atoms with E-state index in [1.807, 2.05) is 11.8 Å². The Kier molecular flexibility index (Phi) is 26.9. The molecule has 24 nitrogen and oxygen atoms in total. The van der Waals surface area contributed by atoms with Gasteiger partial charge in [-0.15, -0.1) is 5.11 Å². The number of amides is 9. The van der Waals surface area contributed by atoms with Crippen LogP contribution in [0.4, 0.5) is 10.6 Å². The number of azo groups is 1. The van der Waals surface area contributed by atoms with Crippen LogP contribution < -0.4 is 54.0 Å². The number of rotatable bonds is 36. The third kappa shape index (κ3) is 23.5. The topological polar surface area (TPSA) is 350 Å². The van der Waals surface area contributed by atoms with Crippen LogP contribution in [0.25, 0.3) is 0 Å². The summed E-state index contributed by atoms with van der Waals surface area (Å²) >= 11 is 1.89. The number of pyridine rings is 1. The Morgan fingerprint density at radius 2 is 1.34 bits per heavy atom. The fourth-order valence-corrected chi connectivity index (χ4v) is 8.66. The fraction of sp³-hybridized carbons (Fsp3) is 0.587. The molecule has 2 aromatic rings. The molecule has 0 spiro atoms. The van der Waals surface area contributed by atoms with E-state index in [1.165, 1.54) is 6.20 Å². The smallest absolute Gasteiger partial charge is 0.315 e. The van der Waals surface area contributed by atoms with Gasteiger partial charge in [-0.3, -0.25) is 33.6 Å². The zero-order valence-corrected chi connectivity index (χ0v) is 40.8. The van der Waals surface area contributed by atoms with E-state index in [4.69, 9.17) is 25.7 Å². The number of fused-ring (bicyclic) bond motifs is 1. The van der Waals surface area contributed by atoms with Crippen LogP contribution in [0, 0.1) is 0 Å². The van der Waals surface area contributed by atoms with Gasteiger partial charge in [0.05, 0.1) is 70.3 Å². The Balaban J connectivity index is 0.932. The third-order valence-electron chi connectivity index (χ3n) is 11.0. The maximum atomic E-state index is 12.6. The van der Waals surface area contributed by atoms with Crippen molar-refractivity contribution in [3.63, 3.8) is 0 Å². The number of carbonyl (C=O) groups excluding carboxylic acids is 8. The molecule has 4 unspecified atom stereocenters. The molecule has 12 N–H and O–H groups in total. The Hall–Kier alpha value is -6.28. The summed E-state index contributed by atoms with van der Waals surface area (Å²) in [4.78, 5) is 99.9. The van der Waals surface area contributed by atoms with Crippen molar-refractivity contribution in [2.75, 3.05) is 84.7 Å². The molecular formula is C46H69N13O11S. The second kappa shape index (κ2) is 33.3. The molecule has 0 aliphatic carbocycles. The molecule has 2 aliphatic rings. The first-order valence-corrected chi connectivity index (χ1v) is 25.0. The Labute approximate surface area is 417 Å². The summed E-state index contributed by atoms with van der Waals surface area (Å²) < 4.78 is 16.7.